The number of fused-ring (bicyclic) bond motifs is 1. The quantitative estimate of drug-likeness (QED) is 0.550. The maximum absolute atomic E-state index is 5.32. The molecule has 3 nitrogen and oxygen atoms in total. The lowest BCUT2D eigenvalue weighted by Crippen LogP contribution is -2.18. The Bertz CT molecular complexity index is 576. The lowest BCUT2D eigenvalue weighted by molar-refractivity contribution is -0.808. The third-order valence-electron chi connectivity index (χ3n) is 2.71. The summed E-state index contributed by atoms with van der Waals surface area (Å²) in [6, 6.07) is 15.8. The molecule has 0 spiro atoms. The van der Waals surface area contributed by atoms with Crippen molar-refractivity contribution in [3.05, 3.63) is 59.7 Å². The van der Waals surface area contributed by atoms with Crippen molar-refractivity contribution in [2.75, 3.05) is 0 Å². The van der Waals surface area contributed by atoms with E-state index in [1.54, 1.807) is 4.74 Å². The molecule has 84 valence electrons. The van der Waals surface area contributed by atoms with Gasteiger partial charge in [0.05, 0.1) is 10.3 Å². The number of rotatable bonds is 1. The minimum atomic E-state index is 0.777. The largest absolute Gasteiger partial charge is 0.262 e. The summed E-state index contributed by atoms with van der Waals surface area (Å²) in [5.74, 6) is 0.777. The van der Waals surface area contributed by atoms with Gasteiger partial charge in [-0.1, -0.05) is 30.3 Å². The second-order valence-electron chi connectivity index (χ2n) is 3.94. The zero-order valence-corrected chi connectivity index (χ0v) is 9.46. The molecule has 0 amide bonds. The molecule has 0 saturated carbocycles. The molecule has 0 aliphatic carbocycles. The van der Waals surface area contributed by atoms with Gasteiger partial charge in [-0.15, -0.1) is 0 Å². The van der Waals surface area contributed by atoms with E-state index in [-0.39, 0.29) is 0 Å². The molecule has 0 bridgehead atoms. The summed E-state index contributed by atoms with van der Waals surface area (Å²) in [5, 5.41) is 0. The Morgan fingerprint density at radius 3 is 2.59 bits per heavy atom. The van der Waals surface area contributed by atoms with Gasteiger partial charge in [0.1, 0.15) is 0 Å². The molecule has 1 aliphatic heterocycles. The van der Waals surface area contributed by atoms with Crippen LogP contribution in [0.2, 0.25) is 0 Å². The van der Waals surface area contributed by atoms with Crippen LogP contribution in [0.15, 0.2) is 48.5 Å². The zero-order chi connectivity index (χ0) is 11.7. The molecule has 0 unspecified atom stereocenters. The fourth-order valence-corrected chi connectivity index (χ4v) is 1.81. The van der Waals surface area contributed by atoms with Gasteiger partial charge in [0.2, 0.25) is 12.0 Å². The second-order valence-corrected chi connectivity index (χ2v) is 3.94. The van der Waals surface area contributed by atoms with Gasteiger partial charge in [-0.05, 0) is 23.5 Å². The van der Waals surface area contributed by atoms with E-state index < -0.39 is 0 Å². The van der Waals surface area contributed by atoms with Crippen LogP contribution in [-0.2, 0) is 4.99 Å². The van der Waals surface area contributed by atoms with Crippen LogP contribution in [0.4, 0.5) is 5.69 Å². The van der Waals surface area contributed by atoms with E-state index in [0.29, 0.717) is 0 Å². The first-order chi connectivity index (χ1) is 8.34. The Kier molecular flexibility index (Phi) is 2.29. The Hall–Kier alpha value is -2.29. The molecule has 0 aromatic heterocycles. The van der Waals surface area contributed by atoms with E-state index >= 15 is 0 Å². The molecule has 2 aromatic carbocycles. The van der Waals surface area contributed by atoms with Gasteiger partial charge >= 0.3 is 0 Å². The Morgan fingerprint density at radius 2 is 1.76 bits per heavy atom. The normalized spacial score (nSPS) is 13.1. The fraction of sp³-hybridized carbons (Fsp3) is 0.0714. The van der Waals surface area contributed by atoms with Gasteiger partial charge in [-0.2, -0.15) is 0 Å². The van der Waals surface area contributed by atoms with E-state index in [9.17, 15) is 0 Å². The van der Waals surface area contributed by atoms with Crippen molar-refractivity contribution in [2.45, 2.75) is 6.92 Å². The summed E-state index contributed by atoms with van der Waals surface area (Å²) >= 11 is 0. The first-order valence-corrected chi connectivity index (χ1v) is 5.48. The van der Waals surface area contributed by atoms with Gasteiger partial charge in [-0.3, -0.25) is 0 Å². The maximum Gasteiger partial charge on any atom is 0.262 e. The summed E-state index contributed by atoms with van der Waals surface area (Å²) in [4.78, 5) is 10.6. The molecule has 0 atom stereocenters. The van der Waals surface area contributed by atoms with Crippen LogP contribution >= 0.6 is 0 Å². The van der Waals surface area contributed by atoms with Crippen LogP contribution in [0.5, 0.6) is 5.75 Å². The van der Waals surface area contributed by atoms with Crippen molar-refractivity contribution in [2.24, 2.45) is 0 Å². The average molecular weight is 226 g/mol. The van der Waals surface area contributed by atoms with Crippen LogP contribution in [0.3, 0.4) is 0 Å². The summed E-state index contributed by atoms with van der Waals surface area (Å²) in [5.41, 5.74) is 3.01. The maximum atomic E-state index is 5.32. The smallest absolute Gasteiger partial charge is 0.233 e. The topological polar surface area (TPSA) is 21.5 Å². The van der Waals surface area contributed by atoms with Crippen molar-refractivity contribution >= 4 is 11.9 Å². The van der Waals surface area contributed by atoms with Crippen molar-refractivity contribution in [1.29, 1.82) is 0 Å². The Labute approximate surface area is 99.4 Å². The highest BCUT2D eigenvalue weighted by molar-refractivity contribution is 5.81. The first-order valence-electron chi connectivity index (χ1n) is 5.48. The number of nitrogens with zero attached hydrogens (tertiary/aromatic N) is 1. The molecule has 0 saturated heterocycles. The van der Waals surface area contributed by atoms with Gasteiger partial charge in [-0.25, -0.2) is 4.89 Å². The first kappa shape index (κ1) is 9.90. The standard InChI is InChI=1S/C14H12NO2/c1-11-6-5-7-12-10-15(17-16-14(11)12)13-8-3-2-4-9-13/h2-10H,1H3/q+1. The highest BCUT2D eigenvalue weighted by Crippen LogP contribution is 2.26. The molecule has 2 aromatic rings. The number of benzene rings is 2. The van der Waals surface area contributed by atoms with E-state index in [1.807, 2.05) is 61.7 Å². The summed E-state index contributed by atoms with van der Waals surface area (Å²) in [6.45, 7) is 1.99. The lowest BCUT2D eigenvalue weighted by atomic mass is 10.1. The molecule has 0 N–H and O–H groups in total. The minimum Gasteiger partial charge on any atom is -0.233 e. The van der Waals surface area contributed by atoms with Gasteiger partial charge in [0, 0.05) is 12.1 Å². The number of hydrogen-bond acceptors (Lipinski definition) is 2. The fourth-order valence-electron chi connectivity index (χ4n) is 1.81. The highest BCUT2D eigenvalue weighted by Gasteiger charge is 2.23. The van der Waals surface area contributed by atoms with E-state index in [0.717, 1.165) is 22.6 Å². The number of aryl methyl sites for hydroxylation is 1. The van der Waals surface area contributed by atoms with Gasteiger partial charge in [0.25, 0.3) is 5.69 Å². The van der Waals surface area contributed by atoms with Crippen LogP contribution in [-0.4, -0.2) is 11.0 Å². The predicted octanol–water partition coefficient (Wildman–Crippen LogP) is 3.00. The Balaban J connectivity index is 2.07. The Morgan fingerprint density at radius 1 is 0.941 bits per heavy atom. The highest BCUT2D eigenvalue weighted by atomic mass is 17.3. The van der Waals surface area contributed by atoms with Crippen LogP contribution in [0, 0.1) is 6.92 Å². The second kappa shape index (κ2) is 3.94. The third-order valence-corrected chi connectivity index (χ3v) is 2.71. The molecular weight excluding hydrogens is 214 g/mol. The molecular formula is C14H12NO2+. The summed E-state index contributed by atoms with van der Waals surface area (Å²) in [7, 11) is 0. The minimum absolute atomic E-state index is 0.777. The van der Waals surface area contributed by atoms with E-state index in [2.05, 4.69) is 0 Å². The van der Waals surface area contributed by atoms with Crippen LogP contribution in [0.25, 0.3) is 0 Å². The third kappa shape index (κ3) is 1.76. The monoisotopic (exact) mass is 226 g/mol. The van der Waals surface area contributed by atoms with Crippen molar-refractivity contribution in [1.82, 2.24) is 0 Å². The van der Waals surface area contributed by atoms with Crippen LogP contribution in [0.1, 0.15) is 11.1 Å². The van der Waals surface area contributed by atoms with E-state index in [4.69, 9.17) is 9.88 Å². The molecule has 3 rings (SSSR count). The number of para-hydroxylation sites is 2. The SMILES string of the molecule is Cc1cccc2c1OO[N+](c1ccccc1)=C2. The molecule has 17 heavy (non-hydrogen) atoms. The van der Waals surface area contributed by atoms with Crippen LogP contribution < -0.4 is 4.89 Å². The summed E-state index contributed by atoms with van der Waals surface area (Å²) < 4.78 is 1.61. The molecule has 1 heterocycles. The molecule has 3 heteroatoms. The van der Waals surface area contributed by atoms with Crippen molar-refractivity contribution in [3.8, 4) is 5.75 Å². The van der Waals surface area contributed by atoms with Crippen molar-refractivity contribution in [3.63, 3.8) is 0 Å². The van der Waals surface area contributed by atoms with Gasteiger partial charge < -0.3 is 0 Å². The van der Waals surface area contributed by atoms with Gasteiger partial charge in [0.15, 0.2) is 0 Å². The zero-order valence-electron chi connectivity index (χ0n) is 9.46. The van der Waals surface area contributed by atoms with E-state index in [1.165, 1.54) is 0 Å². The summed E-state index contributed by atoms with van der Waals surface area (Å²) in [6.07, 6.45) is 1.92. The predicted molar refractivity (Wildman–Crippen MR) is 64.4 cm³/mol. The number of hydrogen-bond donors (Lipinski definition) is 0. The van der Waals surface area contributed by atoms with Crippen molar-refractivity contribution < 1.29 is 14.6 Å². The molecule has 0 radical (unpaired) electrons. The molecule has 1 aliphatic rings. The lowest BCUT2D eigenvalue weighted by Gasteiger charge is -2.10. The molecule has 0 fully saturated rings. The average Bonchev–Trinajstić information content (AvgIpc) is 2.40.